The van der Waals surface area contributed by atoms with Crippen molar-refractivity contribution in [2.75, 3.05) is 0 Å². The molecule has 1 unspecified atom stereocenters. The lowest BCUT2D eigenvalue weighted by Gasteiger charge is -2.07. The molecule has 0 N–H and O–H groups in total. The van der Waals surface area contributed by atoms with Crippen LogP contribution in [-0.4, -0.2) is 30.3 Å². The summed E-state index contributed by atoms with van der Waals surface area (Å²) in [5.74, 6) is 0.461. The molecule has 0 spiro atoms. The molecule has 0 aliphatic rings. The van der Waals surface area contributed by atoms with E-state index in [1.54, 1.807) is 23.7 Å². The number of aromatic nitrogens is 6. The Morgan fingerprint density at radius 3 is 2.79 bits per heavy atom. The van der Waals surface area contributed by atoms with Crippen LogP contribution in [-0.2, 0) is 0 Å². The predicted molar refractivity (Wildman–Crippen MR) is 103 cm³/mol. The second kappa shape index (κ2) is 7.51. The zero-order valence-corrected chi connectivity index (χ0v) is 16.3. The first kappa shape index (κ1) is 18.3. The molecule has 0 saturated carbocycles. The minimum Gasteiger partial charge on any atom is -0.338 e. The van der Waals surface area contributed by atoms with E-state index in [2.05, 4.69) is 25.7 Å². The van der Waals surface area contributed by atoms with Crippen LogP contribution in [0.4, 0.5) is 4.39 Å². The maximum atomic E-state index is 13.8. The van der Waals surface area contributed by atoms with E-state index < -0.39 is 0 Å². The van der Waals surface area contributed by atoms with Gasteiger partial charge in [0.15, 0.2) is 0 Å². The first-order valence-electron chi connectivity index (χ1n) is 8.63. The summed E-state index contributed by atoms with van der Waals surface area (Å²) in [6.07, 6.45) is 0. The number of benzene rings is 2. The highest BCUT2D eigenvalue weighted by Gasteiger charge is 2.20. The molecule has 4 aromatic rings. The highest BCUT2D eigenvalue weighted by atomic mass is 32.2. The summed E-state index contributed by atoms with van der Waals surface area (Å²) in [6.45, 7) is 5.64. The second-order valence-electron chi connectivity index (χ2n) is 6.39. The van der Waals surface area contributed by atoms with Crippen LogP contribution in [0.25, 0.3) is 17.1 Å². The Labute approximate surface area is 165 Å². The van der Waals surface area contributed by atoms with E-state index in [1.165, 1.54) is 17.8 Å². The van der Waals surface area contributed by atoms with Gasteiger partial charge in [-0.25, -0.2) is 4.39 Å². The largest absolute Gasteiger partial charge is 0.338 e. The van der Waals surface area contributed by atoms with Gasteiger partial charge in [-0.2, -0.15) is 9.67 Å². The van der Waals surface area contributed by atoms with Crippen LogP contribution < -0.4 is 0 Å². The average Bonchev–Trinajstić information content (AvgIpc) is 3.33. The molecule has 0 radical (unpaired) electrons. The molecule has 4 rings (SSSR count). The molecule has 28 heavy (non-hydrogen) atoms. The molecule has 2 aromatic heterocycles. The Morgan fingerprint density at radius 1 is 1.14 bits per heavy atom. The number of halogens is 1. The Morgan fingerprint density at radius 2 is 2.00 bits per heavy atom. The lowest BCUT2D eigenvalue weighted by atomic mass is 10.1. The van der Waals surface area contributed by atoms with Gasteiger partial charge in [0.1, 0.15) is 5.82 Å². The first-order chi connectivity index (χ1) is 13.5. The van der Waals surface area contributed by atoms with Crippen molar-refractivity contribution < 1.29 is 8.91 Å². The molecule has 0 aliphatic heterocycles. The minimum absolute atomic E-state index is 0.189. The van der Waals surface area contributed by atoms with Crippen LogP contribution in [0.3, 0.4) is 0 Å². The van der Waals surface area contributed by atoms with Crippen molar-refractivity contribution >= 4 is 11.8 Å². The summed E-state index contributed by atoms with van der Waals surface area (Å²) >= 11 is 1.40. The van der Waals surface area contributed by atoms with Crippen molar-refractivity contribution in [1.82, 2.24) is 30.3 Å². The third-order valence-electron chi connectivity index (χ3n) is 4.19. The van der Waals surface area contributed by atoms with Gasteiger partial charge in [0.25, 0.3) is 0 Å². The van der Waals surface area contributed by atoms with Gasteiger partial charge in [0.2, 0.25) is 16.9 Å². The van der Waals surface area contributed by atoms with E-state index in [4.69, 9.17) is 4.52 Å². The fraction of sp³-hybridized carbons (Fsp3) is 0.211. The normalized spacial score (nSPS) is 12.3. The first-order valence-corrected chi connectivity index (χ1v) is 9.51. The van der Waals surface area contributed by atoms with E-state index in [9.17, 15) is 4.39 Å². The molecule has 2 aromatic carbocycles. The van der Waals surface area contributed by atoms with Gasteiger partial charge in [-0.05, 0) is 60.5 Å². The Balaban J connectivity index is 1.55. The molecular weight excluding hydrogens is 379 g/mol. The summed E-state index contributed by atoms with van der Waals surface area (Å²) in [6, 6.07) is 12.8. The molecule has 0 bridgehead atoms. The molecule has 142 valence electrons. The number of hydrogen-bond donors (Lipinski definition) is 0. The zero-order chi connectivity index (χ0) is 19.7. The summed E-state index contributed by atoms with van der Waals surface area (Å²) in [4.78, 5) is 4.41. The summed E-state index contributed by atoms with van der Waals surface area (Å²) in [5.41, 5.74) is 3.13. The molecule has 0 amide bonds. The Kier molecular flexibility index (Phi) is 4.91. The quantitative estimate of drug-likeness (QED) is 0.465. The van der Waals surface area contributed by atoms with Crippen molar-refractivity contribution in [3.63, 3.8) is 0 Å². The lowest BCUT2D eigenvalue weighted by molar-refractivity contribution is 0.380. The number of thioether (sulfide) groups is 1. The third kappa shape index (κ3) is 3.65. The van der Waals surface area contributed by atoms with Crippen molar-refractivity contribution in [1.29, 1.82) is 0 Å². The summed E-state index contributed by atoms with van der Waals surface area (Å²) in [5, 5.41) is 16.3. The van der Waals surface area contributed by atoms with E-state index in [0.717, 1.165) is 11.3 Å². The van der Waals surface area contributed by atoms with Gasteiger partial charge in [-0.15, -0.1) is 5.10 Å². The van der Waals surface area contributed by atoms with Crippen LogP contribution in [0, 0.1) is 19.7 Å². The van der Waals surface area contributed by atoms with Gasteiger partial charge in [0, 0.05) is 5.56 Å². The van der Waals surface area contributed by atoms with Crippen LogP contribution in [0.5, 0.6) is 0 Å². The van der Waals surface area contributed by atoms with Gasteiger partial charge in [0.05, 0.1) is 10.9 Å². The molecule has 0 fully saturated rings. The molecule has 0 aliphatic carbocycles. The highest BCUT2D eigenvalue weighted by Crippen LogP contribution is 2.34. The van der Waals surface area contributed by atoms with E-state index in [1.807, 2.05) is 38.1 Å². The smallest absolute Gasteiger partial charge is 0.240 e. The molecule has 7 nitrogen and oxygen atoms in total. The topological polar surface area (TPSA) is 82.5 Å². The fourth-order valence-corrected chi connectivity index (χ4v) is 3.47. The predicted octanol–water partition coefficient (Wildman–Crippen LogP) is 4.32. The number of rotatable bonds is 5. The number of hydrogen-bond acceptors (Lipinski definition) is 7. The lowest BCUT2D eigenvalue weighted by Crippen LogP contribution is -2.00. The van der Waals surface area contributed by atoms with E-state index >= 15 is 0 Å². The van der Waals surface area contributed by atoms with Crippen LogP contribution >= 0.6 is 11.8 Å². The van der Waals surface area contributed by atoms with Crippen molar-refractivity contribution in [2.24, 2.45) is 0 Å². The van der Waals surface area contributed by atoms with Crippen LogP contribution in [0.1, 0.15) is 29.2 Å². The monoisotopic (exact) mass is 396 g/mol. The van der Waals surface area contributed by atoms with Gasteiger partial charge >= 0.3 is 0 Å². The fourth-order valence-electron chi connectivity index (χ4n) is 2.63. The summed E-state index contributed by atoms with van der Waals surface area (Å²) < 4.78 is 20.9. The Hall–Kier alpha value is -3.07. The van der Waals surface area contributed by atoms with Gasteiger partial charge in [-0.3, -0.25) is 0 Å². The van der Waals surface area contributed by atoms with Crippen LogP contribution in [0.15, 0.2) is 52.1 Å². The maximum Gasteiger partial charge on any atom is 0.240 e. The SMILES string of the molecule is Cc1cccc(-n2nnnc2SC(C)c2nc(-c3ccc(C)c(F)c3)no2)c1. The van der Waals surface area contributed by atoms with Crippen molar-refractivity contribution in [3.8, 4) is 17.1 Å². The number of nitrogens with zero attached hydrogens (tertiary/aromatic N) is 6. The minimum atomic E-state index is -0.302. The number of aryl methyl sites for hydroxylation is 2. The Bertz CT molecular complexity index is 1130. The van der Waals surface area contributed by atoms with Crippen molar-refractivity contribution in [2.45, 2.75) is 31.2 Å². The van der Waals surface area contributed by atoms with Crippen LogP contribution in [0.2, 0.25) is 0 Å². The second-order valence-corrected chi connectivity index (χ2v) is 7.70. The van der Waals surface area contributed by atoms with E-state index in [-0.39, 0.29) is 11.1 Å². The van der Waals surface area contributed by atoms with E-state index in [0.29, 0.717) is 28.0 Å². The molecule has 0 saturated heterocycles. The molecule has 2 heterocycles. The average molecular weight is 396 g/mol. The van der Waals surface area contributed by atoms with Gasteiger partial charge < -0.3 is 4.52 Å². The van der Waals surface area contributed by atoms with Crippen molar-refractivity contribution in [3.05, 3.63) is 65.3 Å². The number of tetrazole rings is 1. The highest BCUT2D eigenvalue weighted by molar-refractivity contribution is 7.99. The maximum absolute atomic E-state index is 13.8. The standard InChI is InChI=1S/C19H17FN6OS/c1-11-5-4-6-15(9-11)26-19(22-24-25-26)28-13(3)18-21-17(23-27-18)14-8-7-12(2)16(20)10-14/h4-10,13H,1-3H3. The molecular formula is C19H17FN6OS. The molecule has 1 atom stereocenters. The third-order valence-corrected chi connectivity index (χ3v) is 5.21. The zero-order valence-electron chi connectivity index (χ0n) is 15.5. The molecule has 9 heteroatoms. The summed E-state index contributed by atoms with van der Waals surface area (Å²) in [7, 11) is 0. The van der Waals surface area contributed by atoms with Gasteiger partial charge in [-0.1, -0.05) is 41.2 Å².